The second-order valence-corrected chi connectivity index (χ2v) is 13.5. The Bertz CT molecular complexity index is 856. The molecule has 0 saturated heterocycles. The number of ether oxygens (including phenoxy) is 6. The molecular weight excluding hydrogens is 586 g/mol. The number of hydrogen-bond donors (Lipinski definition) is 0. The molecule has 1 aromatic carbocycles. The lowest BCUT2D eigenvalue weighted by Gasteiger charge is -2.19. The van der Waals surface area contributed by atoms with Crippen LogP contribution in [0.2, 0.25) is 0 Å². The lowest BCUT2D eigenvalue weighted by molar-refractivity contribution is 0.0446. The Balaban J connectivity index is 0.000000805. The third-order valence-corrected chi connectivity index (χ3v) is 9.28. The molecule has 0 amide bonds. The molecule has 0 N–H and O–H groups in total. The predicted molar refractivity (Wildman–Crippen MR) is 170 cm³/mol. The van der Waals surface area contributed by atoms with Crippen molar-refractivity contribution in [3.8, 4) is 0 Å². The SMILES string of the molecule is CN=P(C)(OC/C=C/c1ccccc1)OCCOCCOC.CN=P(C)(OCCOCCOC)OCCOCCOC. The van der Waals surface area contributed by atoms with Crippen LogP contribution in [0.15, 0.2) is 45.9 Å². The first-order valence-corrected chi connectivity index (χ1v) is 17.9. The summed E-state index contributed by atoms with van der Waals surface area (Å²) in [6.45, 7) is 10.6. The largest absolute Gasteiger partial charge is 0.382 e. The molecule has 12 nitrogen and oxygen atoms in total. The van der Waals surface area contributed by atoms with Crippen LogP contribution in [-0.2, 0) is 46.5 Å². The van der Waals surface area contributed by atoms with Crippen LogP contribution in [-0.4, -0.2) is 135 Å². The summed E-state index contributed by atoms with van der Waals surface area (Å²) in [5.41, 5.74) is 1.15. The second-order valence-electron chi connectivity index (χ2n) is 8.43. The first-order valence-electron chi connectivity index (χ1n) is 13.8. The maximum absolute atomic E-state index is 5.78. The molecule has 246 valence electrons. The second kappa shape index (κ2) is 28.8. The van der Waals surface area contributed by atoms with Gasteiger partial charge in [-0.2, -0.15) is 0 Å². The van der Waals surface area contributed by atoms with Gasteiger partial charge in [0, 0.05) is 48.8 Å². The lowest BCUT2D eigenvalue weighted by Crippen LogP contribution is -2.10. The highest BCUT2D eigenvalue weighted by molar-refractivity contribution is 7.55. The highest BCUT2D eigenvalue weighted by Crippen LogP contribution is 2.47. The number of rotatable bonds is 25. The van der Waals surface area contributed by atoms with E-state index in [1.165, 1.54) is 0 Å². The van der Waals surface area contributed by atoms with Crippen LogP contribution in [0, 0.1) is 0 Å². The van der Waals surface area contributed by atoms with Crippen LogP contribution in [0.5, 0.6) is 0 Å². The van der Waals surface area contributed by atoms with E-state index in [1.54, 1.807) is 35.4 Å². The summed E-state index contributed by atoms with van der Waals surface area (Å²) in [6, 6.07) is 10.1. The van der Waals surface area contributed by atoms with Crippen LogP contribution in [0.25, 0.3) is 6.08 Å². The molecular formula is C28H54N2O10P2. The van der Waals surface area contributed by atoms with E-state index in [9.17, 15) is 0 Å². The predicted octanol–water partition coefficient (Wildman–Crippen LogP) is 5.32. The molecule has 0 aliphatic carbocycles. The lowest BCUT2D eigenvalue weighted by atomic mass is 10.2. The standard InChI is InChI=1S/C16H26NO4P.C12H28NO6P/c1-17-22(3,21-15-14-19-13-12-18-2)20-11-7-10-16-8-5-4-6-9-16;1-13-20(4,18-11-9-16-7-5-14-2)19-12-10-17-8-6-15-3/h4-10H,11-15H2,1-3H3;5-12H2,1-4H3/b10-7+;. The van der Waals surface area contributed by atoms with Gasteiger partial charge in [-0.25, -0.2) is 0 Å². The average molecular weight is 641 g/mol. The quantitative estimate of drug-likeness (QED) is 0.103. The number of methoxy groups -OCH3 is 3. The minimum absolute atomic E-state index is 0.454. The van der Waals surface area contributed by atoms with Crippen molar-refractivity contribution in [1.29, 1.82) is 0 Å². The fraction of sp³-hybridized carbons (Fsp3) is 0.714. The van der Waals surface area contributed by atoms with Gasteiger partial charge in [0.2, 0.25) is 15.0 Å². The third-order valence-electron chi connectivity index (χ3n) is 5.22. The van der Waals surface area contributed by atoms with Gasteiger partial charge in [-0.3, -0.25) is 9.49 Å². The first-order chi connectivity index (χ1) is 20.4. The molecule has 0 fully saturated rings. The Morgan fingerprint density at radius 2 is 0.929 bits per heavy atom. The van der Waals surface area contributed by atoms with Crippen molar-refractivity contribution in [2.75, 3.05) is 135 Å². The van der Waals surface area contributed by atoms with Gasteiger partial charge in [0.1, 0.15) is 0 Å². The Labute approximate surface area is 253 Å². The highest BCUT2D eigenvalue weighted by atomic mass is 31.2. The van der Waals surface area contributed by atoms with Crippen molar-refractivity contribution in [3.63, 3.8) is 0 Å². The third kappa shape index (κ3) is 24.5. The van der Waals surface area contributed by atoms with Crippen LogP contribution >= 0.6 is 15.0 Å². The molecule has 0 bridgehead atoms. The van der Waals surface area contributed by atoms with Gasteiger partial charge in [-0.15, -0.1) is 0 Å². The van der Waals surface area contributed by atoms with Crippen LogP contribution < -0.4 is 0 Å². The van der Waals surface area contributed by atoms with Gasteiger partial charge < -0.3 is 46.5 Å². The molecule has 42 heavy (non-hydrogen) atoms. The molecule has 1 rings (SSSR count). The Morgan fingerprint density at radius 3 is 1.31 bits per heavy atom. The summed E-state index contributed by atoms with van der Waals surface area (Å²) in [6.07, 6.45) is 3.99. The fourth-order valence-electron chi connectivity index (χ4n) is 2.76. The molecule has 14 heteroatoms. The Hall–Kier alpha value is -0.980. The highest BCUT2D eigenvalue weighted by Gasteiger charge is 2.13. The molecule has 1 atom stereocenters. The Morgan fingerprint density at radius 1 is 0.548 bits per heavy atom. The number of nitrogens with zero attached hydrogens (tertiary/aromatic N) is 2. The number of hydrogen-bond acceptors (Lipinski definition) is 12. The van der Waals surface area contributed by atoms with Crippen molar-refractivity contribution in [1.82, 2.24) is 0 Å². The minimum Gasteiger partial charge on any atom is -0.382 e. The fourth-order valence-corrected chi connectivity index (χ4v) is 4.98. The summed E-state index contributed by atoms with van der Waals surface area (Å²) in [5.74, 6) is 0. The van der Waals surface area contributed by atoms with Crippen LogP contribution in [0.3, 0.4) is 0 Å². The van der Waals surface area contributed by atoms with E-state index in [2.05, 4.69) is 9.49 Å². The van der Waals surface area contributed by atoms with Crippen molar-refractivity contribution < 1.29 is 46.5 Å². The molecule has 0 aliphatic heterocycles. The van der Waals surface area contributed by atoms with Crippen LogP contribution in [0.1, 0.15) is 5.56 Å². The molecule has 0 aromatic heterocycles. The van der Waals surface area contributed by atoms with Crippen molar-refractivity contribution in [3.05, 3.63) is 42.0 Å². The van der Waals surface area contributed by atoms with Crippen molar-refractivity contribution >= 4 is 21.1 Å². The summed E-state index contributed by atoms with van der Waals surface area (Å²) in [5, 5.41) is 0. The maximum atomic E-state index is 5.78. The molecule has 0 saturated carbocycles. The van der Waals surface area contributed by atoms with Crippen LogP contribution in [0.4, 0.5) is 0 Å². The smallest absolute Gasteiger partial charge is 0.209 e. The van der Waals surface area contributed by atoms with Crippen molar-refractivity contribution in [2.24, 2.45) is 9.49 Å². The van der Waals surface area contributed by atoms with Gasteiger partial charge >= 0.3 is 0 Å². The van der Waals surface area contributed by atoms with E-state index >= 15 is 0 Å². The normalized spacial score (nSPS) is 13.0. The number of benzene rings is 1. The van der Waals surface area contributed by atoms with E-state index in [-0.39, 0.29) is 0 Å². The molecule has 0 heterocycles. The zero-order valence-electron chi connectivity index (χ0n) is 26.6. The summed E-state index contributed by atoms with van der Waals surface area (Å²) >= 11 is 0. The Kier molecular flexibility index (Phi) is 28.1. The molecule has 1 aromatic rings. The minimum atomic E-state index is -2.16. The summed E-state index contributed by atoms with van der Waals surface area (Å²) in [7, 11) is 4.03. The topological polar surface area (TPSA) is 117 Å². The van der Waals surface area contributed by atoms with E-state index < -0.39 is 15.0 Å². The van der Waals surface area contributed by atoms with Gasteiger partial charge in [-0.1, -0.05) is 42.5 Å². The molecule has 1 unspecified atom stereocenters. The van der Waals surface area contributed by atoms with Gasteiger partial charge in [0.15, 0.2) is 0 Å². The van der Waals surface area contributed by atoms with Gasteiger partial charge in [0.25, 0.3) is 0 Å². The average Bonchev–Trinajstić information content (AvgIpc) is 3.01. The maximum Gasteiger partial charge on any atom is 0.209 e. The van der Waals surface area contributed by atoms with E-state index in [0.29, 0.717) is 85.9 Å². The zero-order valence-corrected chi connectivity index (χ0v) is 28.4. The van der Waals surface area contributed by atoms with E-state index in [0.717, 1.165) is 5.56 Å². The molecule has 0 radical (unpaired) electrons. The van der Waals surface area contributed by atoms with E-state index in [1.807, 2.05) is 55.8 Å². The molecule has 0 aliphatic rings. The van der Waals surface area contributed by atoms with E-state index in [4.69, 9.17) is 46.5 Å². The monoisotopic (exact) mass is 640 g/mol. The van der Waals surface area contributed by atoms with Gasteiger partial charge in [-0.05, 0) is 5.56 Å². The van der Waals surface area contributed by atoms with Crippen molar-refractivity contribution in [2.45, 2.75) is 0 Å². The summed E-state index contributed by atoms with van der Waals surface area (Å²) < 4.78 is 61.9. The summed E-state index contributed by atoms with van der Waals surface area (Å²) in [4.78, 5) is 0. The van der Waals surface area contributed by atoms with Gasteiger partial charge in [0.05, 0.1) is 85.9 Å². The zero-order chi connectivity index (χ0) is 31.2. The first kappa shape index (κ1) is 41.0. The molecule has 0 spiro atoms.